The summed E-state index contributed by atoms with van der Waals surface area (Å²) in [5, 5.41) is 13.6. The molecular weight excluding hydrogens is 396 g/mol. The van der Waals surface area contributed by atoms with Gasteiger partial charge in [0.2, 0.25) is 0 Å². The Bertz CT molecular complexity index is 1190. The molecule has 3 aromatic rings. The highest BCUT2D eigenvalue weighted by Crippen LogP contribution is 2.51. The lowest BCUT2D eigenvalue weighted by Gasteiger charge is -2.56. The van der Waals surface area contributed by atoms with Gasteiger partial charge in [0.05, 0.1) is 18.2 Å². The number of fused-ring (bicyclic) bond motifs is 3. The number of piperidine rings is 1. The van der Waals surface area contributed by atoms with Gasteiger partial charge in [0.1, 0.15) is 5.75 Å². The molecule has 4 heteroatoms. The maximum atomic E-state index is 12.4. The van der Waals surface area contributed by atoms with Crippen molar-refractivity contribution in [3.05, 3.63) is 70.9 Å². The molecule has 2 fully saturated rings. The predicted molar refractivity (Wildman–Crippen MR) is 127 cm³/mol. The van der Waals surface area contributed by atoms with E-state index in [1.807, 2.05) is 6.07 Å². The summed E-state index contributed by atoms with van der Waals surface area (Å²) >= 11 is 0. The van der Waals surface area contributed by atoms with Crippen LogP contribution in [0.3, 0.4) is 0 Å². The number of rotatable bonds is 4. The van der Waals surface area contributed by atoms with Crippen LogP contribution in [0.1, 0.15) is 41.6 Å². The molecule has 2 aromatic carbocycles. The van der Waals surface area contributed by atoms with E-state index in [0.29, 0.717) is 6.42 Å². The third-order valence-electron chi connectivity index (χ3n) is 8.23. The van der Waals surface area contributed by atoms with Gasteiger partial charge in [0.25, 0.3) is 0 Å². The first-order chi connectivity index (χ1) is 15.5. The van der Waals surface area contributed by atoms with E-state index in [4.69, 9.17) is 9.72 Å². The molecule has 2 heterocycles. The zero-order valence-electron chi connectivity index (χ0n) is 19.1. The second-order valence-electron chi connectivity index (χ2n) is 10.4. The monoisotopic (exact) mass is 428 g/mol. The third kappa shape index (κ3) is 3.15. The van der Waals surface area contributed by atoms with Crippen molar-refractivity contribution in [3.8, 4) is 5.75 Å². The topological polar surface area (TPSA) is 45.6 Å². The maximum Gasteiger partial charge on any atom is 0.119 e. The van der Waals surface area contributed by atoms with Crippen molar-refractivity contribution in [1.82, 2.24) is 9.88 Å². The average molecular weight is 429 g/mol. The lowest BCUT2D eigenvalue weighted by Crippen LogP contribution is -2.66. The molecular formula is C28H32N2O2. The molecule has 2 aliphatic carbocycles. The van der Waals surface area contributed by atoms with Gasteiger partial charge in [-0.15, -0.1) is 0 Å². The summed E-state index contributed by atoms with van der Waals surface area (Å²) in [6, 6.07) is 17.0. The van der Waals surface area contributed by atoms with E-state index in [9.17, 15) is 5.11 Å². The summed E-state index contributed by atoms with van der Waals surface area (Å²) in [4.78, 5) is 7.69. The van der Waals surface area contributed by atoms with Crippen molar-refractivity contribution in [2.45, 2.75) is 50.0 Å². The zero-order valence-corrected chi connectivity index (χ0v) is 19.1. The number of hydrogen-bond acceptors (Lipinski definition) is 4. The number of hydrogen-bond donors (Lipinski definition) is 1. The molecule has 6 rings (SSSR count). The number of aliphatic hydroxyl groups is 1. The van der Waals surface area contributed by atoms with Crippen LogP contribution >= 0.6 is 0 Å². The van der Waals surface area contributed by atoms with Gasteiger partial charge in [0.15, 0.2) is 0 Å². The molecule has 1 aliphatic heterocycles. The molecule has 166 valence electrons. The average Bonchev–Trinajstić information content (AvgIpc) is 3.60. The smallest absolute Gasteiger partial charge is 0.119 e. The van der Waals surface area contributed by atoms with Crippen molar-refractivity contribution in [1.29, 1.82) is 0 Å². The number of nitrogens with zero attached hydrogens (tertiary/aromatic N) is 2. The van der Waals surface area contributed by atoms with E-state index in [2.05, 4.69) is 54.3 Å². The van der Waals surface area contributed by atoms with E-state index in [1.165, 1.54) is 34.9 Å². The molecule has 2 atom stereocenters. The number of para-hydroxylation sites is 1. The van der Waals surface area contributed by atoms with Gasteiger partial charge < -0.3 is 14.7 Å². The molecule has 0 amide bonds. The van der Waals surface area contributed by atoms with Gasteiger partial charge in [-0.3, -0.25) is 4.98 Å². The zero-order chi connectivity index (χ0) is 21.9. The lowest BCUT2D eigenvalue weighted by atomic mass is 9.56. The van der Waals surface area contributed by atoms with Crippen molar-refractivity contribution >= 4 is 10.9 Å². The Morgan fingerprint density at radius 1 is 1.12 bits per heavy atom. The van der Waals surface area contributed by atoms with Gasteiger partial charge >= 0.3 is 0 Å². The lowest BCUT2D eigenvalue weighted by molar-refractivity contribution is -0.104. The van der Waals surface area contributed by atoms with Crippen LogP contribution < -0.4 is 4.74 Å². The number of aryl methyl sites for hydroxylation is 1. The SMILES string of the molecule is COc1cccc([C@@]23CCN(CC4CC4)C[C@@]2(O)Cc2cc4cccc(C)c4nc2C3)c1. The minimum atomic E-state index is -0.821. The predicted octanol–water partition coefficient (Wildman–Crippen LogP) is 4.44. The number of likely N-dealkylation sites (tertiary alicyclic amines) is 1. The summed E-state index contributed by atoms with van der Waals surface area (Å²) in [7, 11) is 1.72. The van der Waals surface area contributed by atoms with Gasteiger partial charge in [0, 0.05) is 42.4 Å². The number of aromatic nitrogens is 1. The minimum absolute atomic E-state index is 0.349. The Balaban J connectivity index is 1.49. The fraction of sp³-hybridized carbons (Fsp3) is 0.464. The van der Waals surface area contributed by atoms with Crippen LogP contribution in [-0.4, -0.2) is 47.3 Å². The van der Waals surface area contributed by atoms with E-state index < -0.39 is 5.60 Å². The normalized spacial score (nSPS) is 27.7. The second-order valence-corrected chi connectivity index (χ2v) is 10.4. The van der Waals surface area contributed by atoms with Crippen molar-refractivity contribution < 1.29 is 9.84 Å². The van der Waals surface area contributed by atoms with Crippen LogP contribution in [0.25, 0.3) is 10.9 Å². The molecule has 0 unspecified atom stereocenters. The van der Waals surface area contributed by atoms with Crippen LogP contribution in [-0.2, 0) is 18.3 Å². The number of β-amino-alcohol motifs (C(OH)–C–C–N with tert-alkyl or cyclic N) is 1. The van der Waals surface area contributed by atoms with Crippen LogP contribution in [0.5, 0.6) is 5.75 Å². The molecule has 32 heavy (non-hydrogen) atoms. The van der Waals surface area contributed by atoms with E-state index in [1.54, 1.807) is 7.11 Å². The van der Waals surface area contributed by atoms with Gasteiger partial charge in [-0.05, 0) is 73.5 Å². The first-order valence-corrected chi connectivity index (χ1v) is 12.0. The van der Waals surface area contributed by atoms with Crippen molar-refractivity contribution in [2.75, 3.05) is 26.7 Å². The Hall–Kier alpha value is -2.43. The van der Waals surface area contributed by atoms with E-state index in [-0.39, 0.29) is 5.41 Å². The summed E-state index contributed by atoms with van der Waals surface area (Å²) in [5.41, 5.74) is 4.66. The van der Waals surface area contributed by atoms with Crippen LogP contribution in [0.4, 0.5) is 0 Å². The molecule has 1 saturated heterocycles. The molecule has 4 nitrogen and oxygen atoms in total. The number of ether oxygens (including phenoxy) is 1. The number of pyridine rings is 1. The Morgan fingerprint density at radius 2 is 1.97 bits per heavy atom. The van der Waals surface area contributed by atoms with Gasteiger partial charge in [-0.1, -0.05) is 30.3 Å². The maximum absolute atomic E-state index is 12.4. The molecule has 1 aromatic heterocycles. The highest BCUT2D eigenvalue weighted by molar-refractivity contribution is 5.82. The van der Waals surface area contributed by atoms with Crippen LogP contribution in [0, 0.1) is 12.8 Å². The fourth-order valence-electron chi connectivity index (χ4n) is 6.25. The van der Waals surface area contributed by atoms with Gasteiger partial charge in [-0.2, -0.15) is 0 Å². The van der Waals surface area contributed by atoms with E-state index >= 15 is 0 Å². The first-order valence-electron chi connectivity index (χ1n) is 12.0. The van der Waals surface area contributed by atoms with Gasteiger partial charge in [-0.25, -0.2) is 0 Å². The van der Waals surface area contributed by atoms with Crippen LogP contribution in [0.15, 0.2) is 48.5 Å². The Labute approximate surface area is 190 Å². The highest BCUT2D eigenvalue weighted by Gasteiger charge is 2.57. The first kappa shape index (κ1) is 20.2. The summed E-state index contributed by atoms with van der Waals surface area (Å²) in [6.45, 7) is 5.01. The minimum Gasteiger partial charge on any atom is -0.497 e. The fourth-order valence-corrected chi connectivity index (χ4v) is 6.25. The molecule has 0 radical (unpaired) electrons. The molecule has 1 N–H and O–H groups in total. The summed E-state index contributed by atoms with van der Waals surface area (Å²) in [6.07, 6.45) is 5.05. The standard InChI is InChI=1S/C28H32N2O2/c1-19-5-3-6-21-13-22-15-28(31)18-30(17-20-9-10-20)12-11-27(28,16-25(22)29-26(19)21)23-7-4-8-24(14-23)32-2/h3-8,13-14,20,31H,9-12,15-18H2,1-2H3/t27-,28-/m0/s1. The van der Waals surface area contributed by atoms with E-state index in [0.717, 1.165) is 55.4 Å². The largest absolute Gasteiger partial charge is 0.497 e. The van der Waals surface area contributed by atoms with Crippen molar-refractivity contribution in [2.24, 2.45) is 5.92 Å². The Kier molecular flexibility index (Phi) is 4.60. The molecule has 1 saturated carbocycles. The highest BCUT2D eigenvalue weighted by atomic mass is 16.5. The second kappa shape index (κ2) is 7.29. The summed E-state index contributed by atoms with van der Waals surface area (Å²) < 4.78 is 5.57. The number of methoxy groups -OCH3 is 1. The molecule has 3 aliphatic rings. The number of benzene rings is 2. The van der Waals surface area contributed by atoms with Crippen molar-refractivity contribution in [3.63, 3.8) is 0 Å². The molecule has 0 bridgehead atoms. The quantitative estimate of drug-likeness (QED) is 0.668. The summed E-state index contributed by atoms with van der Waals surface area (Å²) in [5.74, 6) is 1.68. The third-order valence-corrected chi connectivity index (χ3v) is 8.23. The Morgan fingerprint density at radius 3 is 2.78 bits per heavy atom. The molecule has 0 spiro atoms. The van der Waals surface area contributed by atoms with Crippen LogP contribution in [0.2, 0.25) is 0 Å².